The fourth-order valence-corrected chi connectivity index (χ4v) is 1.84. The van der Waals surface area contributed by atoms with Crippen LogP contribution in [0.3, 0.4) is 0 Å². The number of amides is 1. The lowest BCUT2D eigenvalue weighted by Crippen LogP contribution is -2.38. The number of nitriles is 1. The summed E-state index contributed by atoms with van der Waals surface area (Å²) in [6.07, 6.45) is 1.46. The van der Waals surface area contributed by atoms with Gasteiger partial charge in [-0.2, -0.15) is 5.26 Å². The molecule has 2 rings (SSSR count). The minimum Gasteiger partial charge on any atom is -0.384 e. The summed E-state index contributed by atoms with van der Waals surface area (Å²) in [6.45, 7) is 1.73. The first-order valence-electron chi connectivity index (χ1n) is 6.17. The number of benzene rings is 1. The normalized spacial score (nSPS) is 13.2. The van der Waals surface area contributed by atoms with Crippen molar-refractivity contribution < 1.29 is 9.90 Å². The van der Waals surface area contributed by atoms with Crippen molar-refractivity contribution in [3.63, 3.8) is 0 Å². The van der Waals surface area contributed by atoms with Crippen LogP contribution in [0.5, 0.6) is 0 Å². The van der Waals surface area contributed by atoms with Crippen LogP contribution in [0, 0.1) is 11.3 Å². The number of aliphatic hydroxyl groups is 1. The molecule has 1 atom stereocenters. The van der Waals surface area contributed by atoms with Gasteiger partial charge in [-0.05, 0) is 18.6 Å². The van der Waals surface area contributed by atoms with Gasteiger partial charge in [-0.1, -0.05) is 30.3 Å². The van der Waals surface area contributed by atoms with Gasteiger partial charge in [0, 0.05) is 6.20 Å². The minimum absolute atomic E-state index is 0.0862. The van der Waals surface area contributed by atoms with Crippen LogP contribution >= 0.6 is 0 Å². The number of nitrogens with zero attached hydrogens (tertiary/aromatic N) is 1. The molecule has 102 valence electrons. The predicted molar refractivity (Wildman–Crippen MR) is 73.9 cm³/mol. The summed E-state index contributed by atoms with van der Waals surface area (Å²) in [6, 6.07) is 12.5. The highest BCUT2D eigenvalue weighted by Crippen LogP contribution is 2.19. The maximum Gasteiger partial charge on any atom is 0.252 e. The Morgan fingerprint density at radius 3 is 2.75 bits per heavy atom. The Kier molecular flexibility index (Phi) is 3.87. The zero-order chi connectivity index (χ0) is 14.6. The number of nitrogens with one attached hydrogen (secondary N) is 2. The van der Waals surface area contributed by atoms with Crippen molar-refractivity contribution >= 4 is 5.91 Å². The monoisotopic (exact) mass is 269 g/mol. The molecule has 5 nitrogen and oxygen atoms in total. The summed E-state index contributed by atoms with van der Waals surface area (Å²) >= 11 is 0. The smallest absolute Gasteiger partial charge is 0.252 e. The van der Waals surface area contributed by atoms with Gasteiger partial charge in [0.15, 0.2) is 0 Å². The number of H-pyrrole nitrogens is 1. The lowest BCUT2D eigenvalue weighted by molar-refractivity contribution is 0.0526. The topological polar surface area (TPSA) is 88.9 Å². The molecule has 0 spiro atoms. The SMILES string of the molecule is CC(O)(CNC(=O)c1c[nH]c(C#N)c1)c1ccccc1. The zero-order valence-electron chi connectivity index (χ0n) is 11.1. The number of hydrogen-bond acceptors (Lipinski definition) is 3. The molecule has 0 saturated carbocycles. The Bertz CT molecular complexity index is 639. The molecule has 0 bridgehead atoms. The number of carbonyl (C=O) groups excluding carboxylic acids is 1. The summed E-state index contributed by atoms with van der Waals surface area (Å²) in [5.74, 6) is -0.334. The van der Waals surface area contributed by atoms with Crippen LogP contribution in [0.4, 0.5) is 0 Å². The molecule has 0 fully saturated rings. The first-order chi connectivity index (χ1) is 9.53. The van der Waals surface area contributed by atoms with E-state index in [9.17, 15) is 9.90 Å². The lowest BCUT2D eigenvalue weighted by Gasteiger charge is -2.24. The molecule has 1 unspecified atom stereocenters. The van der Waals surface area contributed by atoms with E-state index in [1.54, 1.807) is 19.1 Å². The summed E-state index contributed by atoms with van der Waals surface area (Å²) < 4.78 is 0. The first kappa shape index (κ1) is 13.8. The second kappa shape index (κ2) is 5.59. The van der Waals surface area contributed by atoms with E-state index >= 15 is 0 Å². The molecular weight excluding hydrogens is 254 g/mol. The molecule has 0 aliphatic carbocycles. The molecule has 0 aliphatic rings. The Morgan fingerprint density at radius 1 is 1.45 bits per heavy atom. The van der Waals surface area contributed by atoms with Gasteiger partial charge in [-0.15, -0.1) is 0 Å². The first-order valence-corrected chi connectivity index (χ1v) is 6.17. The molecule has 5 heteroatoms. The number of aromatic amines is 1. The van der Waals surface area contributed by atoms with Gasteiger partial charge in [-0.3, -0.25) is 4.79 Å². The maximum atomic E-state index is 11.9. The summed E-state index contributed by atoms with van der Waals surface area (Å²) in [4.78, 5) is 14.6. The third kappa shape index (κ3) is 3.05. The third-order valence-corrected chi connectivity index (χ3v) is 3.05. The molecule has 1 heterocycles. The summed E-state index contributed by atoms with van der Waals surface area (Å²) in [7, 11) is 0. The van der Waals surface area contributed by atoms with Gasteiger partial charge in [0.05, 0.1) is 12.1 Å². The van der Waals surface area contributed by atoms with Crippen LogP contribution in [0.1, 0.15) is 28.5 Å². The Morgan fingerprint density at radius 2 is 2.15 bits per heavy atom. The Labute approximate surface area is 116 Å². The predicted octanol–water partition coefficient (Wildman–Crippen LogP) is 1.52. The molecule has 0 aliphatic heterocycles. The second-order valence-electron chi connectivity index (χ2n) is 4.74. The number of aromatic nitrogens is 1. The summed E-state index contributed by atoms with van der Waals surface area (Å²) in [5, 5.41) is 21.7. The molecule has 2 aromatic rings. The van der Waals surface area contributed by atoms with Crippen LogP contribution in [0.15, 0.2) is 42.6 Å². The maximum absolute atomic E-state index is 11.9. The van der Waals surface area contributed by atoms with Gasteiger partial charge in [0.25, 0.3) is 5.91 Å². The average Bonchev–Trinajstić information content (AvgIpc) is 2.95. The van der Waals surface area contributed by atoms with Crippen LogP contribution in [0.2, 0.25) is 0 Å². The molecule has 20 heavy (non-hydrogen) atoms. The van der Waals surface area contributed by atoms with Crippen molar-refractivity contribution in [2.75, 3.05) is 6.54 Å². The largest absolute Gasteiger partial charge is 0.384 e. The highest BCUT2D eigenvalue weighted by atomic mass is 16.3. The molecule has 0 saturated heterocycles. The number of carbonyl (C=O) groups is 1. The van der Waals surface area contributed by atoms with E-state index in [4.69, 9.17) is 5.26 Å². The minimum atomic E-state index is -1.15. The molecular formula is C15H15N3O2. The van der Waals surface area contributed by atoms with E-state index in [0.29, 0.717) is 11.3 Å². The van der Waals surface area contributed by atoms with Crippen LogP contribution in [-0.2, 0) is 5.60 Å². The average molecular weight is 269 g/mol. The standard InChI is InChI=1S/C15H15N3O2/c1-15(20,12-5-3-2-4-6-12)10-18-14(19)11-7-13(8-16)17-9-11/h2-7,9,17,20H,10H2,1H3,(H,18,19). The van der Waals surface area contributed by atoms with Crippen molar-refractivity contribution in [1.82, 2.24) is 10.3 Å². The van der Waals surface area contributed by atoms with Crippen molar-refractivity contribution in [2.45, 2.75) is 12.5 Å². The molecule has 0 radical (unpaired) electrons. The highest BCUT2D eigenvalue weighted by Gasteiger charge is 2.23. The quantitative estimate of drug-likeness (QED) is 0.786. The number of rotatable bonds is 4. The highest BCUT2D eigenvalue weighted by molar-refractivity contribution is 5.94. The van der Waals surface area contributed by atoms with Crippen molar-refractivity contribution in [2.24, 2.45) is 0 Å². The second-order valence-corrected chi connectivity index (χ2v) is 4.74. The van der Waals surface area contributed by atoms with Gasteiger partial charge in [0.1, 0.15) is 17.4 Å². The third-order valence-electron chi connectivity index (χ3n) is 3.05. The van der Waals surface area contributed by atoms with Gasteiger partial charge >= 0.3 is 0 Å². The van der Waals surface area contributed by atoms with Crippen molar-refractivity contribution in [3.05, 3.63) is 59.4 Å². The lowest BCUT2D eigenvalue weighted by atomic mass is 9.96. The van der Waals surface area contributed by atoms with Gasteiger partial charge in [0.2, 0.25) is 0 Å². The van der Waals surface area contributed by atoms with E-state index in [1.165, 1.54) is 12.3 Å². The van der Waals surface area contributed by atoms with E-state index in [1.807, 2.05) is 24.3 Å². The summed E-state index contributed by atoms with van der Waals surface area (Å²) in [5.41, 5.74) is 0.271. The Balaban J connectivity index is 2.01. The van der Waals surface area contributed by atoms with Gasteiger partial charge < -0.3 is 15.4 Å². The fourth-order valence-electron chi connectivity index (χ4n) is 1.84. The van der Waals surface area contributed by atoms with Crippen LogP contribution < -0.4 is 5.32 Å². The van der Waals surface area contributed by atoms with E-state index in [0.717, 1.165) is 5.56 Å². The van der Waals surface area contributed by atoms with E-state index < -0.39 is 5.60 Å². The number of hydrogen-bond donors (Lipinski definition) is 3. The van der Waals surface area contributed by atoms with Crippen molar-refractivity contribution in [3.8, 4) is 6.07 Å². The fraction of sp³-hybridized carbons (Fsp3) is 0.200. The Hall–Kier alpha value is -2.58. The molecule has 3 N–H and O–H groups in total. The van der Waals surface area contributed by atoms with E-state index in [-0.39, 0.29) is 12.5 Å². The van der Waals surface area contributed by atoms with Crippen LogP contribution in [-0.4, -0.2) is 22.5 Å². The van der Waals surface area contributed by atoms with E-state index in [2.05, 4.69) is 10.3 Å². The molecule has 1 aromatic heterocycles. The molecule has 1 amide bonds. The van der Waals surface area contributed by atoms with Crippen LogP contribution in [0.25, 0.3) is 0 Å². The molecule has 1 aromatic carbocycles. The van der Waals surface area contributed by atoms with Gasteiger partial charge in [-0.25, -0.2) is 0 Å². The van der Waals surface area contributed by atoms with Crippen molar-refractivity contribution in [1.29, 1.82) is 5.26 Å². The zero-order valence-corrected chi connectivity index (χ0v) is 11.1.